The van der Waals surface area contributed by atoms with Crippen molar-refractivity contribution >= 4 is 16.9 Å². The molecule has 4 nitrogen and oxygen atoms in total. The topological polar surface area (TPSA) is 48.3 Å². The van der Waals surface area contributed by atoms with Crippen LogP contribution in [0.15, 0.2) is 41.2 Å². The van der Waals surface area contributed by atoms with E-state index in [9.17, 15) is 9.59 Å². The van der Waals surface area contributed by atoms with Crippen LogP contribution >= 0.6 is 0 Å². The number of carbonyl (C=O) groups is 1. The van der Waals surface area contributed by atoms with Gasteiger partial charge in [0.25, 0.3) is 5.56 Å². The molecule has 0 saturated heterocycles. The number of nitrogens with zero attached hydrogens (tertiary/aromatic N) is 1. The third-order valence-electron chi connectivity index (χ3n) is 2.97. The van der Waals surface area contributed by atoms with Gasteiger partial charge in [-0.2, -0.15) is 0 Å². The lowest BCUT2D eigenvalue weighted by atomic mass is 10.1. The molecule has 1 atom stereocenters. The highest BCUT2D eigenvalue weighted by molar-refractivity contribution is 5.82. The molecule has 0 amide bonds. The van der Waals surface area contributed by atoms with Crippen LogP contribution in [-0.4, -0.2) is 16.1 Å². The van der Waals surface area contributed by atoms with Crippen LogP contribution in [-0.2, 0) is 9.53 Å². The highest BCUT2D eigenvalue weighted by Crippen LogP contribution is 2.18. The summed E-state index contributed by atoms with van der Waals surface area (Å²) in [6, 6.07) is 10.1. The Hall–Kier alpha value is -2.10. The van der Waals surface area contributed by atoms with Crippen molar-refractivity contribution in [1.82, 2.24) is 4.57 Å². The number of esters is 1. The number of aromatic nitrogens is 1. The number of pyridine rings is 1. The first-order valence-electron chi connectivity index (χ1n) is 6.63. The minimum Gasteiger partial charge on any atom is -0.458 e. The van der Waals surface area contributed by atoms with Gasteiger partial charge in [0.2, 0.25) is 0 Å². The normalized spacial score (nSPS) is 13.2. The molecule has 20 heavy (non-hydrogen) atoms. The maximum atomic E-state index is 12.2. The van der Waals surface area contributed by atoms with Crippen molar-refractivity contribution in [3.8, 4) is 0 Å². The lowest BCUT2D eigenvalue weighted by Gasteiger charge is -2.24. The van der Waals surface area contributed by atoms with Gasteiger partial charge in [-0.1, -0.05) is 18.2 Å². The van der Waals surface area contributed by atoms with Crippen LogP contribution < -0.4 is 5.56 Å². The summed E-state index contributed by atoms with van der Waals surface area (Å²) in [5.41, 5.74) is -0.0417. The molecular weight excluding hydrogens is 254 g/mol. The number of hydrogen-bond donors (Lipinski definition) is 0. The second-order valence-electron chi connectivity index (χ2n) is 5.81. The first kappa shape index (κ1) is 14.3. The molecule has 0 saturated carbocycles. The van der Waals surface area contributed by atoms with Crippen molar-refractivity contribution < 1.29 is 9.53 Å². The van der Waals surface area contributed by atoms with Gasteiger partial charge in [-0.3, -0.25) is 9.36 Å². The number of hydrogen-bond acceptors (Lipinski definition) is 3. The summed E-state index contributed by atoms with van der Waals surface area (Å²) in [6.45, 7) is 7.11. The van der Waals surface area contributed by atoms with Gasteiger partial charge >= 0.3 is 5.97 Å². The van der Waals surface area contributed by atoms with Crippen LogP contribution in [0.4, 0.5) is 0 Å². The zero-order valence-electron chi connectivity index (χ0n) is 12.2. The Bertz CT molecular complexity index is 695. The van der Waals surface area contributed by atoms with E-state index in [4.69, 9.17) is 4.74 Å². The smallest absolute Gasteiger partial charge is 0.329 e. The molecule has 0 aliphatic carbocycles. The molecule has 2 rings (SSSR count). The third kappa shape index (κ3) is 2.90. The first-order chi connectivity index (χ1) is 9.29. The Balaban J connectivity index is 2.49. The molecule has 0 radical (unpaired) electrons. The van der Waals surface area contributed by atoms with Gasteiger partial charge in [0.15, 0.2) is 0 Å². The molecule has 1 aromatic carbocycles. The predicted molar refractivity (Wildman–Crippen MR) is 78.8 cm³/mol. The van der Waals surface area contributed by atoms with Gasteiger partial charge in [-0.25, -0.2) is 4.79 Å². The summed E-state index contributed by atoms with van der Waals surface area (Å²) in [5.74, 6) is -0.407. The van der Waals surface area contributed by atoms with E-state index in [2.05, 4.69) is 0 Å². The predicted octanol–water partition coefficient (Wildman–Crippen LogP) is 2.90. The van der Waals surface area contributed by atoms with Crippen LogP contribution in [0.25, 0.3) is 10.9 Å². The van der Waals surface area contributed by atoms with Crippen LogP contribution in [0.2, 0.25) is 0 Å². The summed E-state index contributed by atoms with van der Waals surface area (Å²) in [5, 5.41) is 0.919. The van der Waals surface area contributed by atoms with Crippen LogP contribution in [0.5, 0.6) is 0 Å². The van der Waals surface area contributed by atoms with Crippen molar-refractivity contribution in [2.24, 2.45) is 0 Å². The summed E-state index contributed by atoms with van der Waals surface area (Å²) >= 11 is 0. The average molecular weight is 273 g/mol. The molecule has 106 valence electrons. The van der Waals surface area contributed by atoms with Crippen molar-refractivity contribution in [1.29, 1.82) is 0 Å². The number of para-hydroxylation sites is 1. The Kier molecular flexibility index (Phi) is 3.66. The van der Waals surface area contributed by atoms with Crippen LogP contribution in [0.1, 0.15) is 33.7 Å². The van der Waals surface area contributed by atoms with Crippen LogP contribution in [0, 0.1) is 0 Å². The SMILES string of the molecule is CC(C(=O)OC(C)(C)C)n1c(=O)ccc2ccccc21. The fourth-order valence-electron chi connectivity index (χ4n) is 2.10. The number of fused-ring (bicyclic) bond motifs is 1. The maximum absolute atomic E-state index is 12.2. The Morgan fingerprint density at radius 2 is 1.80 bits per heavy atom. The Morgan fingerprint density at radius 1 is 1.15 bits per heavy atom. The molecule has 4 heteroatoms. The monoisotopic (exact) mass is 273 g/mol. The molecule has 2 aromatic rings. The first-order valence-corrected chi connectivity index (χ1v) is 6.63. The van der Waals surface area contributed by atoms with Gasteiger partial charge < -0.3 is 4.74 Å². The number of rotatable bonds is 2. The van der Waals surface area contributed by atoms with E-state index >= 15 is 0 Å². The molecule has 0 fully saturated rings. The summed E-state index contributed by atoms with van der Waals surface area (Å²) in [6.07, 6.45) is 0. The molecule has 0 N–H and O–H groups in total. The molecule has 0 spiro atoms. The van der Waals surface area contributed by atoms with Gasteiger partial charge in [0.1, 0.15) is 11.6 Å². The van der Waals surface area contributed by atoms with E-state index in [1.165, 1.54) is 10.6 Å². The van der Waals surface area contributed by atoms with E-state index < -0.39 is 17.6 Å². The number of ether oxygens (including phenoxy) is 1. The standard InChI is InChI=1S/C16H19NO3/c1-11(15(19)20-16(2,3)4)17-13-8-6-5-7-12(13)9-10-14(17)18/h5-11H,1-4H3. The summed E-state index contributed by atoms with van der Waals surface area (Å²) in [4.78, 5) is 24.3. The van der Waals surface area contributed by atoms with Crippen molar-refractivity contribution in [3.63, 3.8) is 0 Å². The highest BCUT2D eigenvalue weighted by atomic mass is 16.6. The molecule has 0 bridgehead atoms. The minimum atomic E-state index is -0.659. The van der Waals surface area contributed by atoms with E-state index in [0.29, 0.717) is 0 Å². The lowest BCUT2D eigenvalue weighted by Crippen LogP contribution is -2.33. The van der Waals surface area contributed by atoms with Crippen LogP contribution in [0.3, 0.4) is 0 Å². The summed E-state index contributed by atoms with van der Waals surface area (Å²) in [7, 11) is 0. The quantitative estimate of drug-likeness (QED) is 0.790. The molecule has 0 aliphatic heterocycles. The second kappa shape index (κ2) is 5.12. The fourth-order valence-corrected chi connectivity index (χ4v) is 2.10. The Labute approximate surface area is 118 Å². The van der Waals surface area contributed by atoms with E-state index in [-0.39, 0.29) is 5.56 Å². The maximum Gasteiger partial charge on any atom is 0.329 e. The Morgan fingerprint density at radius 3 is 2.45 bits per heavy atom. The molecule has 1 aromatic heterocycles. The summed E-state index contributed by atoms with van der Waals surface area (Å²) < 4.78 is 6.83. The minimum absolute atomic E-state index is 0.206. The second-order valence-corrected chi connectivity index (χ2v) is 5.81. The zero-order valence-corrected chi connectivity index (χ0v) is 12.2. The number of benzene rings is 1. The van der Waals surface area contributed by atoms with Crippen molar-refractivity contribution in [3.05, 3.63) is 46.8 Å². The van der Waals surface area contributed by atoms with E-state index in [1.807, 2.05) is 45.0 Å². The number of carbonyl (C=O) groups excluding carboxylic acids is 1. The van der Waals surface area contributed by atoms with Gasteiger partial charge in [0.05, 0.1) is 5.52 Å². The zero-order chi connectivity index (χ0) is 14.9. The molecule has 0 aliphatic rings. The van der Waals surface area contributed by atoms with E-state index in [1.54, 1.807) is 13.0 Å². The van der Waals surface area contributed by atoms with E-state index in [0.717, 1.165) is 10.9 Å². The third-order valence-corrected chi connectivity index (χ3v) is 2.97. The largest absolute Gasteiger partial charge is 0.458 e. The van der Waals surface area contributed by atoms with Crippen molar-refractivity contribution in [2.75, 3.05) is 0 Å². The van der Waals surface area contributed by atoms with Crippen molar-refractivity contribution in [2.45, 2.75) is 39.3 Å². The van der Waals surface area contributed by atoms with Gasteiger partial charge in [0, 0.05) is 6.07 Å². The molecular formula is C16H19NO3. The highest BCUT2D eigenvalue weighted by Gasteiger charge is 2.24. The van der Waals surface area contributed by atoms with Gasteiger partial charge in [-0.05, 0) is 45.2 Å². The average Bonchev–Trinajstić information content (AvgIpc) is 2.36. The molecule has 1 unspecified atom stereocenters. The fraction of sp³-hybridized carbons (Fsp3) is 0.375. The lowest BCUT2D eigenvalue weighted by molar-refractivity contribution is -0.158. The molecule has 1 heterocycles. The van der Waals surface area contributed by atoms with Gasteiger partial charge in [-0.15, -0.1) is 0 Å².